The second-order valence-corrected chi connectivity index (χ2v) is 4.85. The minimum Gasteiger partial charge on any atom is -0.301 e. The lowest BCUT2D eigenvalue weighted by Crippen LogP contribution is -2.60. The molecular formula is C9H17F3N2. The lowest BCUT2D eigenvalue weighted by atomic mass is 9.90. The molecule has 1 saturated heterocycles. The quantitative estimate of drug-likeness (QED) is 0.636. The van der Waals surface area contributed by atoms with E-state index >= 15 is 0 Å². The van der Waals surface area contributed by atoms with Gasteiger partial charge in [0, 0.05) is 13.1 Å². The summed E-state index contributed by atoms with van der Waals surface area (Å²) >= 11 is 0. The van der Waals surface area contributed by atoms with Crippen LogP contribution in [0, 0.1) is 11.3 Å². The fraction of sp³-hybridized carbons (Fsp3) is 1.00. The lowest BCUT2D eigenvalue weighted by Gasteiger charge is -2.39. The molecule has 1 fully saturated rings. The van der Waals surface area contributed by atoms with Crippen LogP contribution in [0.2, 0.25) is 0 Å². The zero-order valence-corrected chi connectivity index (χ0v) is 8.70. The molecule has 0 unspecified atom stereocenters. The van der Waals surface area contributed by atoms with Crippen molar-refractivity contribution >= 4 is 0 Å². The van der Waals surface area contributed by atoms with E-state index in [1.54, 1.807) is 0 Å². The molecule has 0 spiro atoms. The standard InChI is InChI=1S/C9H17F3N2/c1-8(2,3)7-13-4-6(5-14-7)9(10,11)12/h6-7,13-14H,4-5H2,1-3H3. The summed E-state index contributed by atoms with van der Waals surface area (Å²) in [6, 6.07) is 0. The summed E-state index contributed by atoms with van der Waals surface area (Å²) in [5.74, 6) is -1.26. The third kappa shape index (κ3) is 2.85. The number of hydrogen-bond donors (Lipinski definition) is 2. The minimum absolute atomic E-state index is 0.0123. The van der Waals surface area contributed by atoms with E-state index in [4.69, 9.17) is 0 Å². The Bertz CT molecular complexity index is 165. The smallest absolute Gasteiger partial charge is 0.301 e. The van der Waals surface area contributed by atoms with Crippen LogP contribution in [0.25, 0.3) is 0 Å². The fourth-order valence-electron chi connectivity index (χ4n) is 1.51. The summed E-state index contributed by atoms with van der Waals surface area (Å²) in [5.41, 5.74) is -0.0590. The Hall–Kier alpha value is -0.290. The van der Waals surface area contributed by atoms with E-state index < -0.39 is 12.1 Å². The number of hydrogen-bond acceptors (Lipinski definition) is 2. The molecule has 0 radical (unpaired) electrons. The van der Waals surface area contributed by atoms with Crippen LogP contribution in [0.1, 0.15) is 20.8 Å². The maximum atomic E-state index is 12.3. The first-order chi connectivity index (χ1) is 6.21. The topological polar surface area (TPSA) is 24.1 Å². The number of rotatable bonds is 0. The number of alkyl halides is 3. The summed E-state index contributed by atoms with van der Waals surface area (Å²) in [7, 11) is 0. The maximum absolute atomic E-state index is 12.3. The van der Waals surface area contributed by atoms with Crippen LogP contribution in [0.15, 0.2) is 0 Å². The van der Waals surface area contributed by atoms with E-state index in [0.717, 1.165) is 0 Å². The highest BCUT2D eigenvalue weighted by molar-refractivity contribution is 4.87. The number of nitrogens with one attached hydrogen (secondary N) is 2. The Morgan fingerprint density at radius 3 is 1.71 bits per heavy atom. The van der Waals surface area contributed by atoms with Crippen molar-refractivity contribution in [3.05, 3.63) is 0 Å². The fourth-order valence-corrected chi connectivity index (χ4v) is 1.51. The molecule has 1 aliphatic rings. The minimum atomic E-state index is -4.09. The Labute approximate surface area is 82.2 Å². The highest BCUT2D eigenvalue weighted by atomic mass is 19.4. The Balaban J connectivity index is 2.47. The Morgan fingerprint density at radius 1 is 1.00 bits per heavy atom. The third-order valence-corrected chi connectivity index (χ3v) is 2.47. The van der Waals surface area contributed by atoms with Crippen molar-refractivity contribution in [3.8, 4) is 0 Å². The second-order valence-electron chi connectivity index (χ2n) is 4.85. The summed E-state index contributed by atoms with van der Waals surface area (Å²) in [5, 5.41) is 5.77. The molecule has 1 heterocycles. The van der Waals surface area contributed by atoms with Crippen molar-refractivity contribution in [1.82, 2.24) is 10.6 Å². The van der Waals surface area contributed by atoms with Crippen molar-refractivity contribution in [3.63, 3.8) is 0 Å². The van der Waals surface area contributed by atoms with Crippen LogP contribution < -0.4 is 10.6 Å². The summed E-state index contributed by atoms with van der Waals surface area (Å²) in [4.78, 5) is 0. The van der Waals surface area contributed by atoms with Gasteiger partial charge in [-0.25, -0.2) is 0 Å². The SMILES string of the molecule is CC(C)(C)C1NCC(C(F)(F)F)CN1. The van der Waals surface area contributed by atoms with Gasteiger partial charge in [-0.1, -0.05) is 20.8 Å². The average molecular weight is 210 g/mol. The van der Waals surface area contributed by atoms with Gasteiger partial charge in [0.1, 0.15) is 0 Å². The Morgan fingerprint density at radius 2 is 1.43 bits per heavy atom. The van der Waals surface area contributed by atoms with E-state index in [1.807, 2.05) is 20.8 Å². The molecule has 5 heteroatoms. The van der Waals surface area contributed by atoms with Gasteiger partial charge in [0.2, 0.25) is 0 Å². The first-order valence-corrected chi connectivity index (χ1v) is 4.75. The van der Waals surface area contributed by atoms with Crippen LogP contribution in [0.3, 0.4) is 0 Å². The van der Waals surface area contributed by atoms with E-state index in [9.17, 15) is 13.2 Å². The second kappa shape index (κ2) is 3.70. The molecule has 0 bridgehead atoms. The summed E-state index contributed by atoms with van der Waals surface area (Å²) in [6.07, 6.45) is -4.14. The van der Waals surface area contributed by atoms with Crippen LogP contribution in [0.5, 0.6) is 0 Å². The van der Waals surface area contributed by atoms with Crippen LogP contribution >= 0.6 is 0 Å². The monoisotopic (exact) mass is 210 g/mol. The summed E-state index contributed by atoms with van der Waals surface area (Å²) < 4.78 is 36.9. The van der Waals surface area contributed by atoms with Crippen LogP contribution in [-0.4, -0.2) is 25.4 Å². The summed E-state index contributed by atoms with van der Waals surface area (Å²) in [6.45, 7) is 6.00. The van der Waals surface area contributed by atoms with Gasteiger partial charge in [-0.3, -0.25) is 0 Å². The lowest BCUT2D eigenvalue weighted by molar-refractivity contribution is -0.178. The Kier molecular flexibility index (Phi) is 3.11. The first kappa shape index (κ1) is 11.8. The van der Waals surface area contributed by atoms with Gasteiger partial charge in [-0.05, 0) is 5.41 Å². The highest BCUT2D eigenvalue weighted by Crippen LogP contribution is 2.28. The molecule has 0 saturated carbocycles. The van der Waals surface area contributed by atoms with Gasteiger partial charge in [0.25, 0.3) is 0 Å². The maximum Gasteiger partial charge on any atom is 0.394 e. The molecule has 0 aromatic rings. The van der Waals surface area contributed by atoms with E-state index in [2.05, 4.69) is 10.6 Å². The predicted octanol–water partition coefficient (Wildman–Crippen LogP) is 1.73. The third-order valence-electron chi connectivity index (χ3n) is 2.47. The normalized spacial score (nSPS) is 30.4. The zero-order valence-electron chi connectivity index (χ0n) is 8.70. The molecule has 0 aromatic heterocycles. The van der Waals surface area contributed by atoms with Gasteiger partial charge >= 0.3 is 6.18 Å². The molecule has 1 rings (SSSR count). The van der Waals surface area contributed by atoms with Crippen LogP contribution in [-0.2, 0) is 0 Å². The van der Waals surface area contributed by atoms with Crippen molar-refractivity contribution < 1.29 is 13.2 Å². The molecule has 0 amide bonds. The largest absolute Gasteiger partial charge is 0.394 e. The molecule has 2 N–H and O–H groups in total. The molecule has 1 aliphatic heterocycles. The van der Waals surface area contributed by atoms with Crippen molar-refractivity contribution in [2.75, 3.05) is 13.1 Å². The average Bonchev–Trinajstić information content (AvgIpc) is 2.01. The molecular weight excluding hydrogens is 193 g/mol. The van der Waals surface area contributed by atoms with Gasteiger partial charge < -0.3 is 10.6 Å². The van der Waals surface area contributed by atoms with Gasteiger partial charge in [-0.2, -0.15) is 13.2 Å². The van der Waals surface area contributed by atoms with E-state index in [1.165, 1.54) is 0 Å². The molecule has 0 atom stereocenters. The molecule has 84 valence electrons. The van der Waals surface area contributed by atoms with E-state index in [0.29, 0.717) is 0 Å². The molecule has 14 heavy (non-hydrogen) atoms. The van der Waals surface area contributed by atoms with Crippen molar-refractivity contribution in [2.45, 2.75) is 33.1 Å². The first-order valence-electron chi connectivity index (χ1n) is 4.75. The van der Waals surface area contributed by atoms with Gasteiger partial charge in [-0.15, -0.1) is 0 Å². The van der Waals surface area contributed by atoms with Crippen LogP contribution in [0.4, 0.5) is 13.2 Å². The van der Waals surface area contributed by atoms with Gasteiger partial charge in [0.15, 0.2) is 0 Å². The van der Waals surface area contributed by atoms with E-state index in [-0.39, 0.29) is 24.7 Å². The van der Waals surface area contributed by atoms with Gasteiger partial charge in [0.05, 0.1) is 12.1 Å². The molecule has 0 aliphatic carbocycles. The number of halogens is 3. The molecule has 2 nitrogen and oxygen atoms in total. The van der Waals surface area contributed by atoms with Crippen molar-refractivity contribution in [2.24, 2.45) is 11.3 Å². The molecule has 0 aromatic carbocycles. The zero-order chi connectivity index (χ0) is 11.0. The predicted molar refractivity (Wildman–Crippen MR) is 48.8 cm³/mol. The van der Waals surface area contributed by atoms with Crippen molar-refractivity contribution in [1.29, 1.82) is 0 Å². The highest BCUT2D eigenvalue weighted by Gasteiger charge is 2.42.